The summed E-state index contributed by atoms with van der Waals surface area (Å²) >= 11 is 7.10. The van der Waals surface area contributed by atoms with E-state index in [9.17, 15) is 9.59 Å². The molecule has 1 fully saturated rings. The molecule has 0 radical (unpaired) electrons. The van der Waals surface area contributed by atoms with E-state index in [0.29, 0.717) is 39.2 Å². The van der Waals surface area contributed by atoms with Crippen molar-refractivity contribution in [2.75, 3.05) is 7.11 Å². The van der Waals surface area contributed by atoms with Gasteiger partial charge in [-0.05, 0) is 41.1 Å². The number of imide groups is 1. The lowest BCUT2D eigenvalue weighted by Crippen LogP contribution is -2.27. The maximum Gasteiger partial charge on any atom is 0.293 e. The van der Waals surface area contributed by atoms with Crippen molar-refractivity contribution in [1.82, 2.24) is 4.90 Å². The van der Waals surface area contributed by atoms with Crippen molar-refractivity contribution in [3.8, 4) is 11.5 Å². The predicted molar refractivity (Wildman–Crippen MR) is 127 cm³/mol. The smallest absolute Gasteiger partial charge is 0.293 e. The first-order valence-corrected chi connectivity index (χ1v) is 11.1. The number of benzene rings is 3. The highest BCUT2D eigenvalue weighted by molar-refractivity contribution is 8.18. The van der Waals surface area contributed by atoms with E-state index < -0.39 is 0 Å². The van der Waals surface area contributed by atoms with E-state index in [4.69, 9.17) is 21.1 Å². The molecule has 2 amide bonds. The van der Waals surface area contributed by atoms with Crippen LogP contribution in [0.15, 0.2) is 77.7 Å². The van der Waals surface area contributed by atoms with Crippen LogP contribution in [0.3, 0.4) is 0 Å². The average molecular weight is 466 g/mol. The van der Waals surface area contributed by atoms with E-state index >= 15 is 0 Å². The SMILES string of the molecule is COc1cccc(/C=C2\SC(=O)N(Cc3ccccc3Cl)C2=O)c1OCc1ccccc1. The van der Waals surface area contributed by atoms with Crippen LogP contribution in [0.25, 0.3) is 6.08 Å². The molecule has 4 rings (SSSR count). The van der Waals surface area contributed by atoms with Crippen LogP contribution < -0.4 is 9.47 Å². The standard InChI is InChI=1S/C25H20ClNO4S/c1-30-21-13-7-11-18(23(21)31-16-17-8-3-2-4-9-17)14-22-24(28)27(25(29)32-22)15-19-10-5-6-12-20(19)26/h2-14H,15-16H2,1H3/b22-14-. The monoisotopic (exact) mass is 465 g/mol. The van der Waals surface area contributed by atoms with Crippen LogP contribution in [0.2, 0.25) is 5.02 Å². The Morgan fingerprint density at radius 3 is 2.47 bits per heavy atom. The van der Waals surface area contributed by atoms with Crippen LogP contribution in [-0.4, -0.2) is 23.2 Å². The molecule has 162 valence electrons. The third-order valence-corrected chi connectivity index (χ3v) is 6.18. The largest absolute Gasteiger partial charge is 0.493 e. The number of amides is 2. The summed E-state index contributed by atoms with van der Waals surface area (Å²) in [5, 5.41) is 0.177. The molecule has 3 aromatic carbocycles. The minimum atomic E-state index is -0.364. The molecule has 0 N–H and O–H groups in total. The Morgan fingerprint density at radius 2 is 1.72 bits per heavy atom. The molecule has 1 heterocycles. The zero-order valence-electron chi connectivity index (χ0n) is 17.3. The number of para-hydroxylation sites is 1. The number of methoxy groups -OCH3 is 1. The first-order valence-electron chi connectivity index (χ1n) is 9.89. The molecule has 0 unspecified atom stereocenters. The van der Waals surface area contributed by atoms with Gasteiger partial charge >= 0.3 is 0 Å². The Morgan fingerprint density at radius 1 is 0.969 bits per heavy atom. The van der Waals surface area contributed by atoms with Crippen LogP contribution in [0.1, 0.15) is 16.7 Å². The predicted octanol–water partition coefficient (Wildman–Crippen LogP) is 6.16. The van der Waals surface area contributed by atoms with Gasteiger partial charge in [0, 0.05) is 10.6 Å². The van der Waals surface area contributed by atoms with Gasteiger partial charge in [-0.2, -0.15) is 0 Å². The Kier molecular flexibility index (Phi) is 6.83. The fourth-order valence-electron chi connectivity index (χ4n) is 3.27. The van der Waals surface area contributed by atoms with Gasteiger partial charge in [0.15, 0.2) is 11.5 Å². The maximum atomic E-state index is 13.0. The lowest BCUT2D eigenvalue weighted by Gasteiger charge is -2.14. The lowest BCUT2D eigenvalue weighted by atomic mass is 10.1. The minimum Gasteiger partial charge on any atom is -0.493 e. The van der Waals surface area contributed by atoms with Gasteiger partial charge < -0.3 is 9.47 Å². The molecule has 0 spiro atoms. The van der Waals surface area contributed by atoms with Gasteiger partial charge in [0.2, 0.25) is 0 Å². The number of carbonyl (C=O) groups is 2. The number of ether oxygens (including phenoxy) is 2. The van der Waals surface area contributed by atoms with Crippen LogP contribution in [-0.2, 0) is 17.9 Å². The van der Waals surface area contributed by atoms with E-state index in [0.717, 1.165) is 17.3 Å². The molecule has 0 atom stereocenters. The van der Waals surface area contributed by atoms with Crippen LogP contribution in [0.4, 0.5) is 4.79 Å². The number of thioether (sulfide) groups is 1. The third-order valence-electron chi connectivity index (χ3n) is 4.90. The Hall–Kier alpha value is -3.22. The summed E-state index contributed by atoms with van der Waals surface area (Å²) in [7, 11) is 1.56. The highest BCUT2D eigenvalue weighted by Gasteiger charge is 2.35. The van der Waals surface area contributed by atoms with Gasteiger partial charge in [-0.1, -0.05) is 72.3 Å². The summed E-state index contributed by atoms with van der Waals surface area (Å²) in [4.78, 5) is 27.0. The van der Waals surface area contributed by atoms with Crippen molar-refractivity contribution in [3.05, 3.63) is 99.4 Å². The van der Waals surface area contributed by atoms with Crippen molar-refractivity contribution >= 4 is 40.6 Å². The number of nitrogens with zero attached hydrogens (tertiary/aromatic N) is 1. The normalized spacial score (nSPS) is 14.8. The van der Waals surface area contributed by atoms with Crippen molar-refractivity contribution < 1.29 is 19.1 Å². The Balaban J connectivity index is 1.60. The molecule has 0 saturated carbocycles. The van der Waals surface area contributed by atoms with Crippen LogP contribution in [0.5, 0.6) is 11.5 Å². The summed E-state index contributed by atoms with van der Waals surface area (Å²) in [6, 6.07) is 22.3. The molecular weight excluding hydrogens is 446 g/mol. The highest BCUT2D eigenvalue weighted by atomic mass is 35.5. The van der Waals surface area contributed by atoms with Crippen LogP contribution >= 0.6 is 23.4 Å². The molecule has 1 saturated heterocycles. The summed E-state index contributed by atoms with van der Waals surface area (Å²) in [6.07, 6.45) is 1.67. The first kappa shape index (κ1) is 22.0. The fourth-order valence-corrected chi connectivity index (χ4v) is 4.29. The quantitative estimate of drug-likeness (QED) is 0.391. The Labute approximate surface area is 195 Å². The second kappa shape index (κ2) is 9.94. The molecule has 7 heteroatoms. The molecule has 5 nitrogen and oxygen atoms in total. The van der Waals surface area contributed by atoms with Gasteiger partial charge in [-0.3, -0.25) is 14.5 Å². The average Bonchev–Trinajstić information content (AvgIpc) is 3.07. The third kappa shape index (κ3) is 4.82. The minimum absolute atomic E-state index is 0.122. The molecule has 1 aliphatic rings. The van der Waals surface area contributed by atoms with E-state index in [-0.39, 0.29) is 17.7 Å². The number of rotatable bonds is 7. The Bertz CT molecular complexity index is 1180. The first-order chi connectivity index (χ1) is 15.6. The molecular formula is C25H20ClNO4S. The maximum absolute atomic E-state index is 13.0. The van der Waals surface area contributed by atoms with Crippen molar-refractivity contribution in [2.45, 2.75) is 13.2 Å². The van der Waals surface area contributed by atoms with E-state index in [1.54, 1.807) is 37.5 Å². The van der Waals surface area contributed by atoms with Crippen LogP contribution in [0, 0.1) is 0 Å². The van der Waals surface area contributed by atoms with E-state index in [1.165, 1.54) is 4.90 Å². The summed E-state index contributed by atoms with van der Waals surface area (Å²) in [6.45, 7) is 0.465. The van der Waals surface area contributed by atoms with Crippen molar-refractivity contribution in [1.29, 1.82) is 0 Å². The highest BCUT2D eigenvalue weighted by Crippen LogP contribution is 2.38. The fraction of sp³-hybridized carbons (Fsp3) is 0.120. The molecule has 32 heavy (non-hydrogen) atoms. The summed E-state index contributed by atoms with van der Waals surface area (Å²) in [5.74, 6) is 0.693. The second-order valence-electron chi connectivity index (χ2n) is 7.01. The summed E-state index contributed by atoms with van der Waals surface area (Å²) in [5.41, 5.74) is 2.37. The topological polar surface area (TPSA) is 55.8 Å². The van der Waals surface area contributed by atoms with Gasteiger partial charge in [0.1, 0.15) is 6.61 Å². The number of carbonyl (C=O) groups excluding carboxylic acids is 2. The zero-order chi connectivity index (χ0) is 22.5. The molecule has 3 aromatic rings. The molecule has 0 aliphatic carbocycles. The molecule has 1 aliphatic heterocycles. The number of halogens is 1. The zero-order valence-corrected chi connectivity index (χ0v) is 18.9. The van der Waals surface area contributed by atoms with Gasteiger partial charge in [0.25, 0.3) is 11.1 Å². The van der Waals surface area contributed by atoms with Gasteiger partial charge in [-0.15, -0.1) is 0 Å². The van der Waals surface area contributed by atoms with E-state index in [2.05, 4.69) is 0 Å². The molecule has 0 bridgehead atoms. The van der Waals surface area contributed by atoms with E-state index in [1.807, 2.05) is 48.5 Å². The molecule has 0 aromatic heterocycles. The van der Waals surface area contributed by atoms with Gasteiger partial charge in [0.05, 0.1) is 18.6 Å². The number of hydrogen-bond donors (Lipinski definition) is 0. The van der Waals surface area contributed by atoms with Gasteiger partial charge in [-0.25, -0.2) is 0 Å². The number of hydrogen-bond acceptors (Lipinski definition) is 5. The van der Waals surface area contributed by atoms with Crippen molar-refractivity contribution in [3.63, 3.8) is 0 Å². The lowest BCUT2D eigenvalue weighted by molar-refractivity contribution is -0.123. The van der Waals surface area contributed by atoms with Crippen molar-refractivity contribution in [2.24, 2.45) is 0 Å². The summed E-state index contributed by atoms with van der Waals surface area (Å²) < 4.78 is 11.5. The second-order valence-corrected chi connectivity index (χ2v) is 8.41.